The van der Waals surface area contributed by atoms with Gasteiger partial charge in [-0.3, -0.25) is 14.9 Å². The Balaban J connectivity index is 1.94. The van der Waals surface area contributed by atoms with Gasteiger partial charge in [-0.2, -0.15) is 0 Å². The van der Waals surface area contributed by atoms with Crippen molar-refractivity contribution in [3.05, 3.63) is 68.8 Å². The number of nitro benzene ring substituents is 1. The number of nitrogens with zero attached hydrogens (tertiary/aromatic N) is 3. The quantitative estimate of drug-likeness (QED) is 0.539. The molecule has 0 aliphatic heterocycles. The van der Waals surface area contributed by atoms with Crippen molar-refractivity contribution in [1.82, 2.24) is 9.97 Å². The van der Waals surface area contributed by atoms with E-state index in [-0.39, 0.29) is 11.1 Å². The van der Waals surface area contributed by atoms with Crippen LogP contribution >= 0.6 is 0 Å². The van der Waals surface area contributed by atoms with Gasteiger partial charge in [-0.25, -0.2) is 4.98 Å². The van der Waals surface area contributed by atoms with E-state index in [2.05, 4.69) is 9.97 Å². The Morgan fingerprint density at radius 1 is 1.31 bits per heavy atom. The van der Waals surface area contributed by atoms with Crippen molar-refractivity contribution in [2.24, 2.45) is 0 Å². The Kier molecular flexibility index (Phi) is 4.83. The number of para-hydroxylation sites is 1. The molecule has 0 aliphatic carbocycles. The van der Waals surface area contributed by atoms with E-state index in [1.807, 2.05) is 24.3 Å². The second-order valence-corrected chi connectivity index (χ2v) is 5.83. The lowest BCUT2D eigenvalue weighted by atomic mass is 10.1. The van der Waals surface area contributed by atoms with Crippen molar-refractivity contribution in [2.75, 3.05) is 25.6 Å². The molecule has 0 saturated carbocycles. The van der Waals surface area contributed by atoms with Gasteiger partial charge in [0, 0.05) is 19.7 Å². The average Bonchev–Trinajstić information content (AvgIpc) is 2.65. The van der Waals surface area contributed by atoms with Gasteiger partial charge in [0.25, 0.3) is 11.2 Å². The van der Waals surface area contributed by atoms with Crippen LogP contribution in [0.25, 0.3) is 10.9 Å². The lowest BCUT2D eigenvalue weighted by molar-refractivity contribution is -0.384. The van der Waals surface area contributed by atoms with E-state index in [4.69, 9.17) is 4.74 Å². The number of nitrogens with one attached hydrogen (secondary N) is 1. The highest BCUT2D eigenvalue weighted by atomic mass is 16.6. The van der Waals surface area contributed by atoms with E-state index >= 15 is 0 Å². The van der Waals surface area contributed by atoms with Crippen LogP contribution in [0.5, 0.6) is 5.75 Å². The molecule has 2 aromatic carbocycles. The van der Waals surface area contributed by atoms with Gasteiger partial charge in [-0.05, 0) is 24.1 Å². The van der Waals surface area contributed by atoms with Crippen LogP contribution in [0.15, 0.2) is 47.5 Å². The molecule has 0 aliphatic rings. The molecular weight excluding hydrogens is 336 g/mol. The van der Waals surface area contributed by atoms with Gasteiger partial charge in [-0.15, -0.1) is 0 Å². The van der Waals surface area contributed by atoms with Crippen LogP contribution in [0.4, 0.5) is 11.4 Å². The highest BCUT2D eigenvalue weighted by Gasteiger charge is 2.20. The third-order valence-electron chi connectivity index (χ3n) is 4.25. The molecule has 26 heavy (non-hydrogen) atoms. The molecule has 8 nitrogen and oxygen atoms in total. The molecule has 1 heterocycles. The Hall–Kier alpha value is -3.42. The molecule has 0 spiro atoms. The first-order valence-corrected chi connectivity index (χ1v) is 8.00. The largest absolute Gasteiger partial charge is 0.496 e. The van der Waals surface area contributed by atoms with E-state index < -0.39 is 10.5 Å². The number of likely N-dealkylation sites (N-methyl/N-ethyl adjacent to an activating group) is 1. The minimum Gasteiger partial charge on any atom is -0.496 e. The summed E-state index contributed by atoms with van der Waals surface area (Å²) in [4.78, 5) is 31.2. The second kappa shape index (κ2) is 7.22. The molecule has 3 aromatic rings. The van der Waals surface area contributed by atoms with Crippen LogP contribution in [0, 0.1) is 10.1 Å². The highest BCUT2D eigenvalue weighted by molar-refractivity contribution is 5.86. The smallest absolute Gasteiger partial charge is 0.293 e. The molecule has 0 unspecified atom stereocenters. The van der Waals surface area contributed by atoms with Crippen molar-refractivity contribution in [1.29, 1.82) is 0 Å². The molecule has 0 amide bonds. The molecule has 8 heteroatoms. The highest BCUT2D eigenvalue weighted by Crippen LogP contribution is 2.31. The zero-order chi connectivity index (χ0) is 18.7. The molecule has 1 aromatic heterocycles. The molecule has 0 bridgehead atoms. The summed E-state index contributed by atoms with van der Waals surface area (Å²) >= 11 is 0. The van der Waals surface area contributed by atoms with Crippen LogP contribution in [0.1, 0.15) is 5.56 Å². The van der Waals surface area contributed by atoms with Gasteiger partial charge in [-0.1, -0.05) is 18.2 Å². The molecule has 0 radical (unpaired) electrons. The Morgan fingerprint density at radius 2 is 2.08 bits per heavy atom. The van der Waals surface area contributed by atoms with Crippen LogP contribution < -0.4 is 15.2 Å². The van der Waals surface area contributed by atoms with E-state index in [0.29, 0.717) is 24.2 Å². The summed E-state index contributed by atoms with van der Waals surface area (Å²) in [6, 6.07) is 10.5. The predicted octanol–water partition coefficient (Wildman–Crippen LogP) is 2.52. The molecule has 1 N–H and O–H groups in total. The number of nitro groups is 1. The fourth-order valence-corrected chi connectivity index (χ4v) is 2.86. The van der Waals surface area contributed by atoms with Crippen LogP contribution in [0.3, 0.4) is 0 Å². The first-order chi connectivity index (χ1) is 12.5. The zero-order valence-electron chi connectivity index (χ0n) is 14.4. The standard InChI is InChI=1S/C18H18N4O4/c1-21(8-7-12-5-3-4-6-17(12)26-2)15-10-14-13(9-16(15)22(24)25)18(23)20-11-19-14/h3-6,9-11H,7-8H2,1-2H3,(H,19,20,23). The van der Waals surface area contributed by atoms with Gasteiger partial charge >= 0.3 is 0 Å². The zero-order valence-corrected chi connectivity index (χ0v) is 14.4. The number of anilines is 1. The van der Waals surface area contributed by atoms with Crippen molar-refractivity contribution in [3.8, 4) is 5.75 Å². The first kappa shape index (κ1) is 17.4. The maximum absolute atomic E-state index is 11.9. The summed E-state index contributed by atoms with van der Waals surface area (Å²) in [5.74, 6) is 0.780. The minimum atomic E-state index is -0.485. The summed E-state index contributed by atoms with van der Waals surface area (Å²) in [5, 5.41) is 11.7. The molecule has 134 valence electrons. The normalized spacial score (nSPS) is 10.7. The SMILES string of the molecule is COc1ccccc1CCN(C)c1cc2nc[nH]c(=O)c2cc1[N+](=O)[O-]. The number of ether oxygens (including phenoxy) is 1. The summed E-state index contributed by atoms with van der Waals surface area (Å²) in [6.45, 7) is 0.538. The summed E-state index contributed by atoms with van der Waals surface area (Å²) < 4.78 is 5.34. The molecule has 3 rings (SSSR count). The predicted molar refractivity (Wildman–Crippen MR) is 99.0 cm³/mol. The van der Waals surface area contributed by atoms with Gasteiger partial charge in [0.1, 0.15) is 11.4 Å². The van der Waals surface area contributed by atoms with E-state index in [1.165, 1.54) is 12.4 Å². The minimum absolute atomic E-state index is 0.126. The number of rotatable bonds is 6. The third-order valence-corrected chi connectivity index (χ3v) is 4.25. The Labute approximate surface area is 149 Å². The van der Waals surface area contributed by atoms with E-state index in [0.717, 1.165) is 11.3 Å². The Bertz CT molecular complexity index is 1020. The molecule has 0 fully saturated rings. The topological polar surface area (TPSA) is 101 Å². The summed E-state index contributed by atoms with van der Waals surface area (Å²) in [6.07, 6.45) is 1.94. The number of hydrogen-bond donors (Lipinski definition) is 1. The van der Waals surface area contributed by atoms with Gasteiger partial charge in [0.2, 0.25) is 0 Å². The van der Waals surface area contributed by atoms with Crippen molar-refractivity contribution in [2.45, 2.75) is 6.42 Å². The van der Waals surface area contributed by atoms with Crippen molar-refractivity contribution >= 4 is 22.3 Å². The maximum Gasteiger partial charge on any atom is 0.293 e. The molecular formula is C18H18N4O4. The van der Waals surface area contributed by atoms with Crippen LogP contribution in [-0.2, 0) is 6.42 Å². The summed E-state index contributed by atoms with van der Waals surface area (Å²) in [7, 11) is 3.39. The lowest BCUT2D eigenvalue weighted by Crippen LogP contribution is -2.22. The van der Waals surface area contributed by atoms with Gasteiger partial charge in [0.05, 0.1) is 29.3 Å². The van der Waals surface area contributed by atoms with Crippen molar-refractivity contribution in [3.63, 3.8) is 0 Å². The van der Waals surface area contributed by atoms with Gasteiger partial charge < -0.3 is 14.6 Å². The number of methoxy groups -OCH3 is 1. The molecule has 0 saturated heterocycles. The number of H-pyrrole nitrogens is 1. The second-order valence-electron chi connectivity index (χ2n) is 5.83. The average molecular weight is 354 g/mol. The number of hydrogen-bond acceptors (Lipinski definition) is 6. The number of aromatic nitrogens is 2. The van der Waals surface area contributed by atoms with Crippen molar-refractivity contribution < 1.29 is 9.66 Å². The number of benzene rings is 2. The third kappa shape index (κ3) is 3.34. The number of fused-ring (bicyclic) bond motifs is 1. The van der Waals surface area contributed by atoms with Crippen LogP contribution in [-0.4, -0.2) is 35.6 Å². The summed E-state index contributed by atoms with van der Waals surface area (Å²) in [5.41, 5.74) is 1.31. The van der Waals surface area contributed by atoms with Gasteiger partial charge in [0.15, 0.2) is 0 Å². The lowest BCUT2D eigenvalue weighted by Gasteiger charge is -2.20. The van der Waals surface area contributed by atoms with E-state index in [1.54, 1.807) is 25.1 Å². The fourth-order valence-electron chi connectivity index (χ4n) is 2.86. The Morgan fingerprint density at radius 3 is 2.81 bits per heavy atom. The fraction of sp³-hybridized carbons (Fsp3) is 0.222. The number of aromatic amines is 1. The maximum atomic E-state index is 11.9. The van der Waals surface area contributed by atoms with E-state index in [9.17, 15) is 14.9 Å². The first-order valence-electron chi connectivity index (χ1n) is 8.00. The molecule has 0 atom stereocenters. The van der Waals surface area contributed by atoms with Crippen LogP contribution in [0.2, 0.25) is 0 Å². The monoisotopic (exact) mass is 354 g/mol.